The highest BCUT2D eigenvalue weighted by Crippen LogP contribution is 2.37. The van der Waals surface area contributed by atoms with Crippen molar-refractivity contribution < 1.29 is 9.84 Å². The van der Waals surface area contributed by atoms with Crippen LogP contribution in [0.2, 0.25) is 0 Å². The number of anilines is 3. The number of pyridine rings is 1. The zero-order valence-corrected chi connectivity index (χ0v) is 19.4. The predicted octanol–water partition coefficient (Wildman–Crippen LogP) is 2.29. The van der Waals surface area contributed by atoms with E-state index in [4.69, 9.17) is 25.5 Å². The van der Waals surface area contributed by atoms with E-state index in [1.165, 1.54) is 0 Å². The summed E-state index contributed by atoms with van der Waals surface area (Å²) in [5.41, 5.74) is 9.50. The van der Waals surface area contributed by atoms with Gasteiger partial charge in [-0.2, -0.15) is 0 Å². The van der Waals surface area contributed by atoms with Gasteiger partial charge in [0.1, 0.15) is 5.82 Å². The van der Waals surface area contributed by atoms with Crippen molar-refractivity contribution in [3.63, 3.8) is 0 Å². The Balaban J connectivity index is 1.41. The van der Waals surface area contributed by atoms with Crippen molar-refractivity contribution in [3.05, 3.63) is 30.2 Å². The summed E-state index contributed by atoms with van der Waals surface area (Å²) in [6.07, 6.45) is 10.1. The van der Waals surface area contributed by atoms with Crippen molar-refractivity contribution in [1.82, 2.24) is 24.7 Å². The van der Waals surface area contributed by atoms with Crippen LogP contribution in [0.5, 0.6) is 0 Å². The Labute approximate surface area is 198 Å². The van der Waals surface area contributed by atoms with Gasteiger partial charge in [0.25, 0.3) is 0 Å². The zero-order valence-electron chi connectivity index (χ0n) is 19.4. The number of hydrogen-bond donors (Lipinski definition) is 2. The summed E-state index contributed by atoms with van der Waals surface area (Å²) in [4.78, 5) is 19.0. The Bertz CT molecular complexity index is 1170. The van der Waals surface area contributed by atoms with Crippen LogP contribution >= 0.6 is 0 Å². The lowest BCUT2D eigenvalue weighted by Crippen LogP contribution is -2.53. The van der Waals surface area contributed by atoms with Crippen LogP contribution in [-0.2, 0) is 11.2 Å². The number of piperidine rings is 1. The van der Waals surface area contributed by atoms with Crippen molar-refractivity contribution in [3.8, 4) is 0 Å². The van der Waals surface area contributed by atoms with Gasteiger partial charge in [-0.05, 0) is 57.1 Å². The Morgan fingerprint density at radius 1 is 1.15 bits per heavy atom. The van der Waals surface area contributed by atoms with Crippen molar-refractivity contribution in [2.45, 2.75) is 56.7 Å². The highest BCUT2D eigenvalue weighted by molar-refractivity contribution is 5.88. The maximum atomic E-state index is 9.62. The quantitative estimate of drug-likeness (QED) is 0.599. The summed E-state index contributed by atoms with van der Waals surface area (Å²) in [7, 11) is 0. The number of aromatic nitrogens is 5. The number of aliphatic hydroxyl groups is 1. The highest BCUT2D eigenvalue weighted by Gasteiger charge is 2.32. The topological polar surface area (TPSA) is 118 Å². The number of nitrogens with zero attached hydrogens (tertiary/aromatic N) is 7. The van der Waals surface area contributed by atoms with Crippen LogP contribution in [0.3, 0.4) is 0 Å². The lowest BCUT2D eigenvalue weighted by atomic mass is 9.90. The molecule has 0 aromatic carbocycles. The van der Waals surface area contributed by atoms with Crippen molar-refractivity contribution >= 4 is 28.5 Å². The van der Waals surface area contributed by atoms with Crippen LogP contribution in [0, 0.1) is 0 Å². The SMILES string of the molecule is NC1(CO)CCN(c2cnc3c(N4CCCc5ncccc54)nn(C4CCCCO4)c3n2)CC1. The predicted molar refractivity (Wildman–Crippen MR) is 129 cm³/mol. The van der Waals surface area contributed by atoms with Crippen molar-refractivity contribution in [2.24, 2.45) is 5.73 Å². The molecular weight excluding hydrogens is 432 g/mol. The molecule has 3 aliphatic rings. The van der Waals surface area contributed by atoms with E-state index in [-0.39, 0.29) is 12.8 Å². The molecule has 1 unspecified atom stereocenters. The molecule has 2 saturated heterocycles. The molecular formula is C24H32N8O2. The third-order valence-electron chi connectivity index (χ3n) is 7.41. The lowest BCUT2D eigenvalue weighted by molar-refractivity contribution is -0.0368. The van der Waals surface area contributed by atoms with E-state index in [2.05, 4.69) is 20.9 Å². The fourth-order valence-electron chi connectivity index (χ4n) is 5.29. The molecule has 34 heavy (non-hydrogen) atoms. The number of nitrogens with two attached hydrogens (primary N) is 1. The zero-order chi connectivity index (χ0) is 23.1. The normalized spacial score (nSPS) is 22.7. The number of hydrogen-bond acceptors (Lipinski definition) is 9. The van der Waals surface area contributed by atoms with E-state index in [0.29, 0.717) is 0 Å². The van der Waals surface area contributed by atoms with Crippen LogP contribution in [-0.4, -0.2) is 68.2 Å². The van der Waals surface area contributed by atoms with Crippen LogP contribution in [0.25, 0.3) is 11.2 Å². The molecule has 6 heterocycles. The minimum Gasteiger partial charge on any atom is -0.394 e. The van der Waals surface area contributed by atoms with Crippen molar-refractivity contribution in [2.75, 3.05) is 42.6 Å². The number of rotatable bonds is 4. The summed E-state index contributed by atoms with van der Waals surface area (Å²) < 4.78 is 8.05. The molecule has 3 aromatic heterocycles. The molecule has 180 valence electrons. The highest BCUT2D eigenvalue weighted by atomic mass is 16.5. The third-order valence-corrected chi connectivity index (χ3v) is 7.41. The Morgan fingerprint density at radius 3 is 2.82 bits per heavy atom. The monoisotopic (exact) mass is 464 g/mol. The van der Waals surface area contributed by atoms with Gasteiger partial charge in [-0.25, -0.2) is 14.6 Å². The third kappa shape index (κ3) is 3.79. The van der Waals surface area contributed by atoms with E-state index < -0.39 is 5.54 Å². The van der Waals surface area contributed by atoms with Gasteiger partial charge < -0.3 is 25.4 Å². The number of fused-ring (bicyclic) bond motifs is 2. The molecule has 10 heteroatoms. The molecule has 0 radical (unpaired) electrons. The van der Waals surface area contributed by atoms with Crippen LogP contribution in [0.4, 0.5) is 17.3 Å². The van der Waals surface area contributed by atoms with Gasteiger partial charge in [0.15, 0.2) is 23.2 Å². The van der Waals surface area contributed by atoms with Gasteiger partial charge in [-0.1, -0.05) is 0 Å². The molecule has 0 saturated carbocycles. The molecule has 3 N–H and O–H groups in total. The molecule has 6 rings (SSSR count). The average Bonchev–Trinajstić information content (AvgIpc) is 3.28. The Hall–Kier alpha value is -2.82. The smallest absolute Gasteiger partial charge is 0.183 e. The van der Waals surface area contributed by atoms with Gasteiger partial charge in [0.2, 0.25) is 0 Å². The summed E-state index contributed by atoms with van der Waals surface area (Å²) in [6.45, 7) is 3.09. The van der Waals surface area contributed by atoms with Gasteiger partial charge in [-0.15, -0.1) is 5.10 Å². The standard InChI is InChI=1S/C24H32N8O2/c25-24(16-33)8-12-30(13-9-24)19-15-27-21-22(28-19)32(20-7-1-2-14-34-20)29-23(21)31-11-4-5-17-18(31)6-3-10-26-17/h3,6,10,15,20,33H,1-2,4-5,7-9,11-14,16,25H2. The molecule has 0 bridgehead atoms. The molecule has 0 spiro atoms. The van der Waals surface area contributed by atoms with E-state index >= 15 is 0 Å². The summed E-state index contributed by atoms with van der Waals surface area (Å²) in [6, 6.07) is 4.09. The second-order valence-corrected chi connectivity index (χ2v) is 9.72. The minimum absolute atomic E-state index is 0.00681. The lowest BCUT2D eigenvalue weighted by Gasteiger charge is -2.38. The minimum atomic E-state index is -0.505. The first-order valence-corrected chi connectivity index (χ1v) is 12.4. The average molecular weight is 465 g/mol. The molecule has 1 atom stereocenters. The second kappa shape index (κ2) is 8.75. The molecule has 2 fully saturated rings. The first kappa shape index (κ1) is 21.7. The first-order valence-electron chi connectivity index (χ1n) is 12.4. The summed E-state index contributed by atoms with van der Waals surface area (Å²) in [5.74, 6) is 1.63. The van der Waals surface area contributed by atoms with Crippen molar-refractivity contribution in [1.29, 1.82) is 0 Å². The molecule has 0 amide bonds. The summed E-state index contributed by atoms with van der Waals surface area (Å²) in [5, 5.41) is 14.7. The second-order valence-electron chi connectivity index (χ2n) is 9.72. The van der Waals surface area contributed by atoms with E-state index in [0.717, 1.165) is 105 Å². The van der Waals surface area contributed by atoms with Crippen LogP contribution in [0.1, 0.15) is 50.4 Å². The van der Waals surface area contributed by atoms with E-state index in [1.807, 2.05) is 23.1 Å². The Kier molecular flexibility index (Phi) is 5.59. The number of aliphatic hydroxyl groups excluding tert-OH is 1. The number of aryl methyl sites for hydroxylation is 1. The fraction of sp³-hybridized carbons (Fsp3) is 0.583. The maximum Gasteiger partial charge on any atom is 0.183 e. The van der Waals surface area contributed by atoms with Crippen LogP contribution < -0.4 is 15.5 Å². The first-order chi connectivity index (χ1) is 16.6. The van der Waals surface area contributed by atoms with E-state index in [1.54, 1.807) is 0 Å². The fourth-order valence-corrected chi connectivity index (χ4v) is 5.29. The van der Waals surface area contributed by atoms with Crippen LogP contribution in [0.15, 0.2) is 24.5 Å². The van der Waals surface area contributed by atoms with Gasteiger partial charge in [0, 0.05) is 38.0 Å². The maximum absolute atomic E-state index is 9.62. The molecule has 3 aliphatic heterocycles. The largest absolute Gasteiger partial charge is 0.394 e. The summed E-state index contributed by atoms with van der Waals surface area (Å²) >= 11 is 0. The molecule has 3 aromatic rings. The molecule has 10 nitrogen and oxygen atoms in total. The van der Waals surface area contributed by atoms with Gasteiger partial charge in [-0.3, -0.25) is 4.98 Å². The Morgan fingerprint density at radius 2 is 2.03 bits per heavy atom. The van der Waals surface area contributed by atoms with Gasteiger partial charge >= 0.3 is 0 Å². The molecule has 0 aliphatic carbocycles. The van der Waals surface area contributed by atoms with Gasteiger partial charge in [0.05, 0.1) is 24.2 Å². The van der Waals surface area contributed by atoms with E-state index in [9.17, 15) is 5.11 Å². The number of ether oxygens (including phenoxy) is 1.